The fraction of sp³-hybridized carbons (Fsp3) is 0.0952. The van der Waals surface area contributed by atoms with Gasteiger partial charge in [0.1, 0.15) is 12.4 Å². The zero-order valence-corrected chi connectivity index (χ0v) is 15.8. The number of rotatable bonds is 7. The van der Waals surface area contributed by atoms with Gasteiger partial charge >= 0.3 is 0 Å². The Morgan fingerprint density at radius 3 is 2.47 bits per heavy atom. The van der Waals surface area contributed by atoms with Crippen LogP contribution in [-0.4, -0.2) is 38.1 Å². The molecule has 0 aliphatic heterocycles. The molecule has 1 atom stereocenters. The van der Waals surface area contributed by atoms with Crippen molar-refractivity contribution in [2.45, 2.75) is 12.5 Å². The second-order valence-corrected chi connectivity index (χ2v) is 6.48. The number of amides is 2. The normalized spacial score (nSPS) is 11.6. The number of hydrogen-bond donors (Lipinski definition) is 2. The first kappa shape index (κ1) is 19.1. The highest BCUT2D eigenvalue weighted by Gasteiger charge is 2.23. The summed E-state index contributed by atoms with van der Waals surface area (Å²) in [5.74, 6) is -0.648. The Kier molecular flexibility index (Phi) is 5.61. The maximum Gasteiger partial charge on any atom is 0.287 e. The van der Waals surface area contributed by atoms with E-state index < -0.39 is 11.9 Å². The molecule has 0 radical (unpaired) electrons. The van der Waals surface area contributed by atoms with Crippen LogP contribution in [0.1, 0.15) is 16.1 Å². The lowest BCUT2D eigenvalue weighted by molar-refractivity contribution is -0.118. The van der Waals surface area contributed by atoms with Gasteiger partial charge in [0.2, 0.25) is 5.91 Å². The van der Waals surface area contributed by atoms with Crippen LogP contribution in [0.3, 0.4) is 0 Å². The largest absolute Gasteiger partial charge is 0.459 e. The lowest BCUT2D eigenvalue weighted by Gasteiger charge is -2.18. The van der Waals surface area contributed by atoms with Crippen molar-refractivity contribution in [1.29, 1.82) is 0 Å². The number of furan rings is 1. The molecule has 9 heteroatoms. The minimum absolute atomic E-state index is 0.145. The van der Waals surface area contributed by atoms with Crippen molar-refractivity contribution in [2.24, 2.45) is 0 Å². The van der Waals surface area contributed by atoms with E-state index >= 15 is 0 Å². The van der Waals surface area contributed by atoms with Crippen molar-refractivity contribution >= 4 is 17.5 Å². The summed E-state index contributed by atoms with van der Waals surface area (Å²) in [5, 5.41) is 16.6. The summed E-state index contributed by atoms with van der Waals surface area (Å²) >= 11 is 0. The topological polar surface area (TPSA) is 115 Å². The van der Waals surface area contributed by atoms with E-state index in [4.69, 9.17) is 4.42 Å². The highest BCUT2D eigenvalue weighted by Crippen LogP contribution is 2.14. The van der Waals surface area contributed by atoms with Crippen LogP contribution < -0.4 is 10.6 Å². The summed E-state index contributed by atoms with van der Waals surface area (Å²) < 4.78 is 6.64. The molecule has 150 valence electrons. The highest BCUT2D eigenvalue weighted by molar-refractivity contribution is 6.00. The molecular formula is C21H18N6O3. The van der Waals surface area contributed by atoms with E-state index in [2.05, 4.69) is 26.2 Å². The number of carbonyl (C=O) groups is 2. The van der Waals surface area contributed by atoms with Gasteiger partial charge in [0.25, 0.3) is 5.91 Å². The number of nitrogens with one attached hydrogen (secondary N) is 2. The van der Waals surface area contributed by atoms with E-state index in [9.17, 15) is 9.59 Å². The predicted molar refractivity (Wildman–Crippen MR) is 108 cm³/mol. The Labute approximate surface area is 171 Å². The summed E-state index contributed by atoms with van der Waals surface area (Å²) in [6.45, 7) is 0. The first-order valence-corrected chi connectivity index (χ1v) is 9.21. The number of nitrogens with zero attached hydrogens (tertiary/aromatic N) is 4. The van der Waals surface area contributed by atoms with Crippen LogP contribution in [0.25, 0.3) is 5.69 Å². The molecule has 0 fully saturated rings. The molecule has 2 heterocycles. The molecule has 2 aromatic carbocycles. The van der Waals surface area contributed by atoms with E-state index in [0.29, 0.717) is 12.1 Å². The molecule has 0 saturated heterocycles. The van der Waals surface area contributed by atoms with Crippen LogP contribution in [0, 0.1) is 0 Å². The fourth-order valence-corrected chi connectivity index (χ4v) is 2.90. The van der Waals surface area contributed by atoms with Gasteiger partial charge in [-0.1, -0.05) is 30.3 Å². The van der Waals surface area contributed by atoms with E-state index in [0.717, 1.165) is 11.3 Å². The monoisotopic (exact) mass is 402 g/mol. The van der Waals surface area contributed by atoms with E-state index in [1.165, 1.54) is 17.3 Å². The molecule has 0 spiro atoms. The summed E-state index contributed by atoms with van der Waals surface area (Å²) in [4.78, 5) is 25.4. The van der Waals surface area contributed by atoms with Gasteiger partial charge in [0.15, 0.2) is 5.76 Å². The second-order valence-electron chi connectivity index (χ2n) is 6.48. The van der Waals surface area contributed by atoms with Crippen molar-refractivity contribution in [2.75, 3.05) is 5.32 Å². The molecule has 30 heavy (non-hydrogen) atoms. The minimum atomic E-state index is -0.788. The molecule has 2 amide bonds. The lowest BCUT2D eigenvalue weighted by atomic mass is 10.0. The Morgan fingerprint density at radius 2 is 1.80 bits per heavy atom. The van der Waals surface area contributed by atoms with Gasteiger partial charge in [-0.15, -0.1) is 5.10 Å². The van der Waals surface area contributed by atoms with E-state index in [1.807, 2.05) is 30.3 Å². The number of anilines is 1. The Hall–Kier alpha value is -4.27. The SMILES string of the molecule is O=C(NC(Cc1ccccc1)C(=O)Nc1ccc(-n2cnnn2)cc1)c1ccco1. The molecule has 1 unspecified atom stereocenters. The van der Waals surface area contributed by atoms with Crippen molar-refractivity contribution in [1.82, 2.24) is 25.5 Å². The highest BCUT2D eigenvalue weighted by atomic mass is 16.3. The number of benzene rings is 2. The van der Waals surface area contributed by atoms with Gasteiger partial charge < -0.3 is 15.1 Å². The van der Waals surface area contributed by atoms with Gasteiger partial charge in [0, 0.05) is 12.1 Å². The zero-order valence-electron chi connectivity index (χ0n) is 15.8. The number of hydrogen-bond acceptors (Lipinski definition) is 6. The van der Waals surface area contributed by atoms with Crippen LogP contribution in [0.2, 0.25) is 0 Å². The lowest BCUT2D eigenvalue weighted by Crippen LogP contribution is -2.45. The van der Waals surface area contributed by atoms with Gasteiger partial charge in [-0.25, -0.2) is 4.68 Å². The van der Waals surface area contributed by atoms with Gasteiger partial charge in [0.05, 0.1) is 12.0 Å². The third kappa shape index (κ3) is 4.58. The fourth-order valence-electron chi connectivity index (χ4n) is 2.90. The average molecular weight is 402 g/mol. The first-order chi connectivity index (χ1) is 14.7. The van der Waals surface area contributed by atoms with Crippen LogP contribution in [0.5, 0.6) is 0 Å². The van der Waals surface area contributed by atoms with Crippen LogP contribution in [0.15, 0.2) is 83.7 Å². The molecule has 0 aliphatic carbocycles. The second kappa shape index (κ2) is 8.82. The molecule has 2 N–H and O–H groups in total. The third-order valence-corrected chi connectivity index (χ3v) is 4.40. The molecule has 0 saturated carbocycles. The molecule has 2 aromatic heterocycles. The number of carbonyl (C=O) groups excluding carboxylic acids is 2. The van der Waals surface area contributed by atoms with Crippen molar-refractivity contribution in [3.8, 4) is 5.69 Å². The average Bonchev–Trinajstić information content (AvgIpc) is 3.49. The third-order valence-electron chi connectivity index (χ3n) is 4.40. The van der Waals surface area contributed by atoms with Crippen LogP contribution in [0.4, 0.5) is 5.69 Å². The van der Waals surface area contributed by atoms with Crippen LogP contribution in [-0.2, 0) is 11.2 Å². The summed E-state index contributed by atoms with van der Waals surface area (Å²) in [7, 11) is 0. The van der Waals surface area contributed by atoms with Gasteiger partial charge in [-0.05, 0) is 52.4 Å². The zero-order chi connectivity index (χ0) is 20.8. The summed E-state index contributed by atoms with van der Waals surface area (Å²) in [5.41, 5.74) is 2.26. The molecule has 4 aromatic rings. The van der Waals surface area contributed by atoms with E-state index in [-0.39, 0.29) is 11.7 Å². The number of tetrazole rings is 1. The predicted octanol–water partition coefficient (Wildman–Crippen LogP) is 2.24. The molecular weight excluding hydrogens is 384 g/mol. The minimum Gasteiger partial charge on any atom is -0.459 e. The number of aromatic nitrogens is 4. The Balaban J connectivity index is 1.48. The molecule has 0 aliphatic rings. The molecule has 4 rings (SSSR count). The molecule has 9 nitrogen and oxygen atoms in total. The van der Waals surface area contributed by atoms with Crippen molar-refractivity contribution in [3.05, 3.63) is 90.6 Å². The van der Waals surface area contributed by atoms with Crippen molar-refractivity contribution < 1.29 is 14.0 Å². The first-order valence-electron chi connectivity index (χ1n) is 9.21. The van der Waals surface area contributed by atoms with Gasteiger partial charge in [-0.2, -0.15) is 0 Å². The maximum absolute atomic E-state index is 12.9. The quantitative estimate of drug-likeness (QED) is 0.490. The Bertz CT molecular complexity index is 1090. The smallest absolute Gasteiger partial charge is 0.287 e. The standard InChI is InChI=1S/C21H18N6O3/c28-20(23-16-8-10-17(11-9-16)27-14-22-25-26-27)18(13-15-5-2-1-3-6-15)24-21(29)19-7-4-12-30-19/h1-12,14,18H,13H2,(H,23,28)(H,24,29). The summed E-state index contributed by atoms with van der Waals surface area (Å²) in [6.07, 6.45) is 3.23. The maximum atomic E-state index is 12.9. The Morgan fingerprint density at radius 1 is 1.00 bits per heavy atom. The molecule has 0 bridgehead atoms. The van der Waals surface area contributed by atoms with Crippen molar-refractivity contribution in [3.63, 3.8) is 0 Å². The van der Waals surface area contributed by atoms with E-state index in [1.54, 1.807) is 36.4 Å². The summed E-state index contributed by atoms with van der Waals surface area (Å²) in [6, 6.07) is 18.9. The van der Waals surface area contributed by atoms with Crippen LogP contribution >= 0.6 is 0 Å². The van der Waals surface area contributed by atoms with Gasteiger partial charge in [-0.3, -0.25) is 9.59 Å².